The molecule has 5 heteroatoms. The Labute approximate surface area is 181 Å². The quantitative estimate of drug-likeness (QED) is 0.603. The summed E-state index contributed by atoms with van der Waals surface area (Å²) in [5.74, 6) is 2.68. The Balaban J connectivity index is 1.65. The van der Waals surface area contributed by atoms with Crippen molar-refractivity contribution in [2.75, 3.05) is 21.3 Å². The Hall–Kier alpha value is -2.24. The minimum atomic E-state index is 0.436. The number of benzene rings is 2. The van der Waals surface area contributed by atoms with Gasteiger partial charge in [0, 0.05) is 30.7 Å². The maximum atomic E-state index is 5.54. The van der Waals surface area contributed by atoms with Crippen LogP contribution in [0.5, 0.6) is 17.2 Å². The van der Waals surface area contributed by atoms with Crippen molar-refractivity contribution in [3.63, 3.8) is 0 Å². The molecule has 1 aliphatic rings. The first kappa shape index (κ1) is 22.4. The Morgan fingerprint density at radius 3 is 1.87 bits per heavy atom. The van der Waals surface area contributed by atoms with Gasteiger partial charge >= 0.3 is 0 Å². The van der Waals surface area contributed by atoms with Crippen molar-refractivity contribution in [2.24, 2.45) is 0 Å². The van der Waals surface area contributed by atoms with E-state index in [0.717, 1.165) is 42.3 Å². The molecule has 0 radical (unpaired) electrons. The summed E-state index contributed by atoms with van der Waals surface area (Å²) >= 11 is 0. The van der Waals surface area contributed by atoms with E-state index >= 15 is 0 Å². The zero-order valence-electron chi connectivity index (χ0n) is 18.8. The van der Waals surface area contributed by atoms with E-state index in [0.29, 0.717) is 12.1 Å². The molecule has 1 saturated carbocycles. The van der Waals surface area contributed by atoms with Crippen LogP contribution in [0.1, 0.15) is 49.3 Å². The van der Waals surface area contributed by atoms with Gasteiger partial charge in [0.05, 0.1) is 21.3 Å². The highest BCUT2D eigenvalue weighted by Gasteiger charge is 2.25. The summed E-state index contributed by atoms with van der Waals surface area (Å²) in [4.78, 5) is 0. The number of aryl methyl sites for hydroxylation is 1. The highest BCUT2D eigenvalue weighted by Crippen LogP contribution is 2.26. The van der Waals surface area contributed by atoms with Crippen LogP contribution in [0.15, 0.2) is 36.4 Å². The summed E-state index contributed by atoms with van der Waals surface area (Å²) in [6.45, 7) is 3.84. The lowest BCUT2D eigenvalue weighted by Gasteiger charge is -2.33. The molecule has 0 aromatic heterocycles. The van der Waals surface area contributed by atoms with Gasteiger partial charge < -0.3 is 24.8 Å². The minimum absolute atomic E-state index is 0.436. The van der Waals surface area contributed by atoms with Gasteiger partial charge in [-0.3, -0.25) is 0 Å². The van der Waals surface area contributed by atoms with Crippen LogP contribution < -0.4 is 24.8 Å². The van der Waals surface area contributed by atoms with Gasteiger partial charge in [0.1, 0.15) is 17.2 Å². The third-order valence-corrected chi connectivity index (χ3v) is 6.16. The maximum Gasteiger partial charge on any atom is 0.123 e. The summed E-state index contributed by atoms with van der Waals surface area (Å²) in [7, 11) is 5.14. The number of nitrogens with one attached hydrogen (secondary N) is 2. The van der Waals surface area contributed by atoms with E-state index in [1.807, 2.05) is 12.1 Å². The number of rotatable bonds is 10. The maximum absolute atomic E-state index is 5.54. The average Bonchev–Trinajstić information content (AvgIpc) is 2.81. The van der Waals surface area contributed by atoms with Gasteiger partial charge in [-0.25, -0.2) is 0 Å². The van der Waals surface area contributed by atoms with E-state index in [2.05, 4.69) is 41.8 Å². The highest BCUT2D eigenvalue weighted by molar-refractivity contribution is 5.40. The lowest BCUT2D eigenvalue weighted by atomic mass is 9.89. The Bertz CT molecular complexity index is 741. The molecule has 0 aliphatic heterocycles. The first-order valence-corrected chi connectivity index (χ1v) is 11.0. The fourth-order valence-electron chi connectivity index (χ4n) is 4.36. The van der Waals surface area contributed by atoms with Gasteiger partial charge in [-0.15, -0.1) is 0 Å². The lowest BCUT2D eigenvalue weighted by Crippen LogP contribution is -2.49. The summed E-state index contributed by atoms with van der Waals surface area (Å²) in [5.41, 5.74) is 3.84. The molecule has 2 atom stereocenters. The second kappa shape index (κ2) is 11.2. The fraction of sp³-hybridized carbons (Fsp3) is 0.520. The van der Waals surface area contributed by atoms with Crippen molar-refractivity contribution in [3.8, 4) is 17.2 Å². The molecule has 2 aromatic rings. The van der Waals surface area contributed by atoms with Crippen molar-refractivity contribution < 1.29 is 14.2 Å². The van der Waals surface area contributed by atoms with Gasteiger partial charge in [0.25, 0.3) is 0 Å². The SMILES string of the molecule is CCc1ccc(OC)cc1CN[C@H]1CCCC[C@@H]1NCc1cc(OC)ccc1OC. The van der Waals surface area contributed by atoms with E-state index in [1.165, 1.54) is 36.8 Å². The van der Waals surface area contributed by atoms with E-state index < -0.39 is 0 Å². The van der Waals surface area contributed by atoms with E-state index in [4.69, 9.17) is 14.2 Å². The zero-order chi connectivity index (χ0) is 21.3. The van der Waals surface area contributed by atoms with Crippen molar-refractivity contribution in [3.05, 3.63) is 53.1 Å². The molecule has 2 aromatic carbocycles. The number of methoxy groups -OCH3 is 3. The molecule has 1 fully saturated rings. The first-order valence-electron chi connectivity index (χ1n) is 11.0. The van der Waals surface area contributed by atoms with Crippen molar-refractivity contribution in [1.82, 2.24) is 10.6 Å². The molecule has 0 unspecified atom stereocenters. The largest absolute Gasteiger partial charge is 0.497 e. The molecule has 0 bridgehead atoms. The first-order chi connectivity index (χ1) is 14.7. The number of ether oxygens (including phenoxy) is 3. The molecule has 0 heterocycles. The smallest absolute Gasteiger partial charge is 0.123 e. The van der Waals surface area contributed by atoms with E-state index in [1.54, 1.807) is 21.3 Å². The van der Waals surface area contributed by atoms with Crippen LogP contribution in [0.3, 0.4) is 0 Å². The van der Waals surface area contributed by atoms with Gasteiger partial charge in [0.2, 0.25) is 0 Å². The topological polar surface area (TPSA) is 51.8 Å². The van der Waals surface area contributed by atoms with Crippen LogP contribution in [0.2, 0.25) is 0 Å². The van der Waals surface area contributed by atoms with Crippen molar-refractivity contribution in [1.29, 1.82) is 0 Å². The summed E-state index contributed by atoms with van der Waals surface area (Å²) in [6, 6.07) is 13.3. The van der Waals surface area contributed by atoms with Crippen LogP contribution >= 0.6 is 0 Å². The van der Waals surface area contributed by atoms with Crippen LogP contribution in [-0.2, 0) is 19.5 Å². The van der Waals surface area contributed by atoms with Gasteiger partial charge in [0.15, 0.2) is 0 Å². The molecule has 3 rings (SSSR count). The molecule has 1 aliphatic carbocycles. The van der Waals surface area contributed by atoms with Crippen LogP contribution in [0, 0.1) is 0 Å². The molecule has 0 amide bonds. The second-order valence-corrected chi connectivity index (χ2v) is 7.93. The lowest BCUT2D eigenvalue weighted by molar-refractivity contribution is 0.279. The van der Waals surface area contributed by atoms with Crippen molar-refractivity contribution in [2.45, 2.75) is 64.2 Å². The standard InChI is InChI=1S/C25H36N2O3/c1-5-18-10-11-21(28-2)14-19(18)16-26-23-8-6-7-9-24(23)27-17-20-15-22(29-3)12-13-25(20)30-4/h10-15,23-24,26-27H,5-9,16-17H2,1-4H3/t23-,24-/m0/s1. The molecule has 5 nitrogen and oxygen atoms in total. The minimum Gasteiger partial charge on any atom is -0.497 e. The predicted molar refractivity (Wildman–Crippen MR) is 122 cm³/mol. The molecule has 0 saturated heterocycles. The van der Waals surface area contributed by atoms with Crippen LogP contribution in [0.25, 0.3) is 0 Å². The third kappa shape index (κ3) is 5.67. The van der Waals surface area contributed by atoms with Gasteiger partial charge in [-0.05, 0) is 60.7 Å². The molecular weight excluding hydrogens is 376 g/mol. The molecule has 30 heavy (non-hydrogen) atoms. The van der Waals surface area contributed by atoms with Gasteiger partial charge in [-0.2, -0.15) is 0 Å². The zero-order valence-corrected chi connectivity index (χ0v) is 18.8. The van der Waals surface area contributed by atoms with Crippen molar-refractivity contribution >= 4 is 0 Å². The predicted octanol–water partition coefficient (Wildman–Crippen LogP) is 4.47. The molecular formula is C25H36N2O3. The fourth-order valence-corrected chi connectivity index (χ4v) is 4.36. The summed E-state index contributed by atoms with van der Waals surface area (Å²) < 4.78 is 16.4. The van der Waals surface area contributed by atoms with Gasteiger partial charge in [-0.1, -0.05) is 25.8 Å². The molecule has 2 N–H and O–H groups in total. The van der Waals surface area contributed by atoms with Crippen LogP contribution in [0.4, 0.5) is 0 Å². The Morgan fingerprint density at radius 1 is 0.733 bits per heavy atom. The summed E-state index contributed by atoms with van der Waals surface area (Å²) in [6.07, 6.45) is 5.95. The normalized spacial score (nSPS) is 18.8. The Kier molecular flexibility index (Phi) is 8.40. The second-order valence-electron chi connectivity index (χ2n) is 7.93. The van der Waals surface area contributed by atoms with E-state index in [9.17, 15) is 0 Å². The number of hydrogen-bond acceptors (Lipinski definition) is 5. The number of hydrogen-bond donors (Lipinski definition) is 2. The average molecular weight is 413 g/mol. The van der Waals surface area contributed by atoms with E-state index in [-0.39, 0.29) is 0 Å². The Morgan fingerprint density at radius 2 is 1.30 bits per heavy atom. The van der Waals surface area contributed by atoms with Crippen LogP contribution in [-0.4, -0.2) is 33.4 Å². The molecule has 164 valence electrons. The monoisotopic (exact) mass is 412 g/mol. The third-order valence-electron chi connectivity index (χ3n) is 6.16. The molecule has 0 spiro atoms. The highest BCUT2D eigenvalue weighted by atomic mass is 16.5. The summed E-state index contributed by atoms with van der Waals surface area (Å²) in [5, 5.41) is 7.61.